The molecule has 1 fully saturated rings. The molecular formula is C18H16N4OS. The minimum absolute atomic E-state index is 0.0924. The summed E-state index contributed by atoms with van der Waals surface area (Å²) in [5, 5.41) is 13.8. The van der Waals surface area contributed by atoms with Gasteiger partial charge < -0.3 is 0 Å². The Morgan fingerprint density at radius 3 is 2.92 bits per heavy atom. The van der Waals surface area contributed by atoms with Gasteiger partial charge in [0.15, 0.2) is 0 Å². The summed E-state index contributed by atoms with van der Waals surface area (Å²) in [6, 6.07) is 7.87. The molecule has 2 aromatic heterocycles. The molecule has 0 spiro atoms. The normalized spacial score (nSPS) is 16.3. The van der Waals surface area contributed by atoms with Crippen LogP contribution in [0.5, 0.6) is 0 Å². The molecule has 1 saturated carbocycles. The Hall–Kier alpha value is -2.34. The van der Waals surface area contributed by atoms with Gasteiger partial charge in [-0.25, -0.2) is 0 Å². The highest BCUT2D eigenvalue weighted by atomic mass is 32.1. The van der Waals surface area contributed by atoms with Gasteiger partial charge in [-0.3, -0.25) is 15.1 Å². The van der Waals surface area contributed by atoms with E-state index < -0.39 is 0 Å². The third kappa shape index (κ3) is 2.29. The molecule has 5 nitrogen and oxygen atoms in total. The van der Waals surface area contributed by atoms with Crippen molar-refractivity contribution in [1.82, 2.24) is 15.2 Å². The van der Waals surface area contributed by atoms with Crippen molar-refractivity contribution < 1.29 is 4.79 Å². The van der Waals surface area contributed by atoms with E-state index in [1.54, 1.807) is 0 Å². The molecule has 1 amide bonds. The maximum Gasteiger partial charge on any atom is 0.258 e. The Balaban J connectivity index is 1.55. The molecule has 0 atom stereocenters. The van der Waals surface area contributed by atoms with Crippen LogP contribution in [0.15, 0.2) is 24.3 Å². The molecule has 1 aromatic carbocycles. The Bertz CT molecular complexity index is 961. The number of pyridine rings is 1. The molecule has 6 heteroatoms. The summed E-state index contributed by atoms with van der Waals surface area (Å²) < 4.78 is 0. The maximum absolute atomic E-state index is 13.0. The van der Waals surface area contributed by atoms with Crippen molar-refractivity contribution in [3.63, 3.8) is 0 Å². The van der Waals surface area contributed by atoms with Gasteiger partial charge in [-0.05, 0) is 43.7 Å². The Labute approximate surface area is 143 Å². The SMILES string of the molecule is O=C(Nc1nnc(C2CC2)s1)c1c2c(nc3ccccc13)CCC2. The van der Waals surface area contributed by atoms with Crippen LogP contribution >= 0.6 is 11.3 Å². The summed E-state index contributed by atoms with van der Waals surface area (Å²) in [4.78, 5) is 17.7. The lowest BCUT2D eigenvalue weighted by Crippen LogP contribution is -2.15. The number of amides is 1. The molecule has 2 heterocycles. The minimum Gasteiger partial charge on any atom is -0.296 e. The summed E-state index contributed by atoms with van der Waals surface area (Å²) in [7, 11) is 0. The smallest absolute Gasteiger partial charge is 0.258 e. The lowest BCUT2D eigenvalue weighted by Gasteiger charge is -2.11. The molecular weight excluding hydrogens is 320 g/mol. The summed E-state index contributed by atoms with van der Waals surface area (Å²) in [6.45, 7) is 0. The fourth-order valence-electron chi connectivity index (χ4n) is 3.41. The fourth-order valence-corrected chi connectivity index (χ4v) is 4.32. The predicted molar refractivity (Wildman–Crippen MR) is 93.6 cm³/mol. The van der Waals surface area contributed by atoms with Gasteiger partial charge in [-0.1, -0.05) is 29.5 Å². The average molecular weight is 336 g/mol. The number of carbonyl (C=O) groups excluding carboxylic acids is 1. The number of anilines is 1. The largest absolute Gasteiger partial charge is 0.296 e. The van der Waals surface area contributed by atoms with Crippen LogP contribution in [0.4, 0.5) is 5.13 Å². The van der Waals surface area contributed by atoms with Gasteiger partial charge in [0.05, 0.1) is 11.1 Å². The zero-order valence-electron chi connectivity index (χ0n) is 13.1. The topological polar surface area (TPSA) is 67.8 Å². The van der Waals surface area contributed by atoms with E-state index in [2.05, 4.69) is 15.5 Å². The van der Waals surface area contributed by atoms with Gasteiger partial charge in [-0.15, -0.1) is 10.2 Å². The van der Waals surface area contributed by atoms with Crippen LogP contribution in [0, 0.1) is 0 Å². The van der Waals surface area contributed by atoms with Crippen molar-refractivity contribution >= 4 is 33.3 Å². The molecule has 0 aliphatic heterocycles. The van der Waals surface area contributed by atoms with E-state index in [0.29, 0.717) is 11.0 Å². The van der Waals surface area contributed by atoms with Gasteiger partial charge in [-0.2, -0.15) is 0 Å². The number of fused-ring (bicyclic) bond motifs is 2. The lowest BCUT2D eigenvalue weighted by molar-refractivity contribution is 0.102. The summed E-state index contributed by atoms with van der Waals surface area (Å²) in [5.74, 6) is 0.462. The highest BCUT2D eigenvalue weighted by Crippen LogP contribution is 2.42. The number of nitrogens with one attached hydrogen (secondary N) is 1. The van der Waals surface area contributed by atoms with Crippen LogP contribution in [0.2, 0.25) is 0 Å². The second-order valence-electron chi connectivity index (χ2n) is 6.46. The number of hydrogen-bond donors (Lipinski definition) is 1. The third-order valence-electron chi connectivity index (χ3n) is 4.73. The van der Waals surface area contributed by atoms with Gasteiger partial charge in [0, 0.05) is 17.0 Å². The van der Waals surface area contributed by atoms with E-state index >= 15 is 0 Å². The first-order valence-electron chi connectivity index (χ1n) is 8.35. The van der Waals surface area contributed by atoms with Crippen molar-refractivity contribution in [2.45, 2.75) is 38.0 Å². The second kappa shape index (κ2) is 5.34. The molecule has 24 heavy (non-hydrogen) atoms. The van der Waals surface area contributed by atoms with Crippen molar-refractivity contribution in [3.8, 4) is 0 Å². The first kappa shape index (κ1) is 14.0. The first-order chi connectivity index (χ1) is 11.8. The van der Waals surface area contributed by atoms with Crippen LogP contribution in [0.25, 0.3) is 10.9 Å². The summed E-state index contributed by atoms with van der Waals surface area (Å²) in [5.41, 5.74) is 3.81. The van der Waals surface area contributed by atoms with Crippen LogP contribution < -0.4 is 5.32 Å². The summed E-state index contributed by atoms with van der Waals surface area (Å²) >= 11 is 1.50. The van der Waals surface area contributed by atoms with E-state index in [0.717, 1.165) is 52.0 Å². The van der Waals surface area contributed by atoms with Gasteiger partial charge in [0.2, 0.25) is 5.13 Å². The predicted octanol–water partition coefficient (Wildman–Crippen LogP) is 3.70. The van der Waals surface area contributed by atoms with Gasteiger partial charge >= 0.3 is 0 Å². The Morgan fingerprint density at radius 1 is 1.17 bits per heavy atom. The van der Waals surface area contributed by atoms with Crippen molar-refractivity contribution in [2.75, 3.05) is 5.32 Å². The molecule has 0 radical (unpaired) electrons. The Kier molecular flexibility index (Phi) is 3.13. The highest BCUT2D eigenvalue weighted by Gasteiger charge is 2.28. The van der Waals surface area contributed by atoms with Crippen molar-refractivity contribution in [2.24, 2.45) is 0 Å². The number of rotatable bonds is 3. The highest BCUT2D eigenvalue weighted by molar-refractivity contribution is 7.15. The molecule has 2 aliphatic rings. The molecule has 0 bridgehead atoms. The monoisotopic (exact) mass is 336 g/mol. The number of carbonyl (C=O) groups is 1. The molecule has 1 N–H and O–H groups in total. The van der Waals surface area contributed by atoms with Crippen LogP contribution in [0.3, 0.4) is 0 Å². The minimum atomic E-state index is -0.0924. The standard InChI is InChI=1S/C18H16N4OS/c23-16(20-18-22-21-17(24-18)10-8-9-10)15-11-4-1-2-6-13(11)19-14-7-3-5-12(14)15/h1-2,4,6,10H,3,5,7-9H2,(H,20,22,23). The second-order valence-corrected chi connectivity index (χ2v) is 7.47. The van der Waals surface area contributed by atoms with E-state index in [9.17, 15) is 4.79 Å². The number of nitrogens with zero attached hydrogens (tertiary/aromatic N) is 3. The van der Waals surface area contributed by atoms with E-state index in [-0.39, 0.29) is 5.91 Å². The fraction of sp³-hybridized carbons (Fsp3) is 0.333. The number of aryl methyl sites for hydroxylation is 1. The molecule has 120 valence electrons. The number of hydrogen-bond acceptors (Lipinski definition) is 5. The zero-order chi connectivity index (χ0) is 16.1. The van der Waals surface area contributed by atoms with Crippen LogP contribution in [0.1, 0.15) is 51.8 Å². The lowest BCUT2D eigenvalue weighted by atomic mass is 10.0. The number of aromatic nitrogens is 3. The zero-order valence-corrected chi connectivity index (χ0v) is 13.9. The number of para-hydroxylation sites is 1. The maximum atomic E-state index is 13.0. The Morgan fingerprint density at radius 2 is 2.04 bits per heavy atom. The molecule has 0 saturated heterocycles. The van der Waals surface area contributed by atoms with Gasteiger partial charge in [0.25, 0.3) is 5.91 Å². The van der Waals surface area contributed by atoms with E-state index in [4.69, 9.17) is 4.98 Å². The van der Waals surface area contributed by atoms with Crippen molar-refractivity contribution in [1.29, 1.82) is 0 Å². The third-order valence-corrected chi connectivity index (χ3v) is 5.74. The van der Waals surface area contributed by atoms with Crippen molar-refractivity contribution in [3.05, 3.63) is 46.1 Å². The molecule has 0 unspecified atom stereocenters. The molecule has 3 aromatic rings. The average Bonchev–Trinajstić information content (AvgIpc) is 3.16. The van der Waals surface area contributed by atoms with E-state index in [1.165, 1.54) is 24.2 Å². The molecule has 2 aliphatic carbocycles. The number of benzene rings is 1. The summed E-state index contributed by atoms with van der Waals surface area (Å²) in [6.07, 6.45) is 5.30. The molecule has 5 rings (SSSR count). The van der Waals surface area contributed by atoms with Crippen LogP contribution in [-0.4, -0.2) is 21.1 Å². The quantitative estimate of drug-likeness (QED) is 0.792. The van der Waals surface area contributed by atoms with Gasteiger partial charge in [0.1, 0.15) is 5.01 Å². The van der Waals surface area contributed by atoms with E-state index in [1.807, 2.05) is 24.3 Å². The van der Waals surface area contributed by atoms with Crippen LogP contribution in [-0.2, 0) is 12.8 Å². The first-order valence-corrected chi connectivity index (χ1v) is 9.16.